The highest BCUT2D eigenvalue weighted by molar-refractivity contribution is 7.10. The van der Waals surface area contributed by atoms with E-state index in [0.29, 0.717) is 17.7 Å². The van der Waals surface area contributed by atoms with Crippen LogP contribution in [0.2, 0.25) is 0 Å². The van der Waals surface area contributed by atoms with Crippen molar-refractivity contribution in [3.63, 3.8) is 0 Å². The minimum absolute atomic E-state index is 0.178. The van der Waals surface area contributed by atoms with Gasteiger partial charge >= 0.3 is 0 Å². The summed E-state index contributed by atoms with van der Waals surface area (Å²) < 4.78 is 0. The van der Waals surface area contributed by atoms with Crippen molar-refractivity contribution >= 4 is 29.1 Å². The third-order valence-corrected chi connectivity index (χ3v) is 4.69. The van der Waals surface area contributed by atoms with E-state index < -0.39 is 11.8 Å². The molecule has 6 heteroatoms. The van der Waals surface area contributed by atoms with E-state index in [4.69, 9.17) is 0 Å². The molecule has 5 nitrogen and oxygen atoms in total. The van der Waals surface area contributed by atoms with Crippen LogP contribution >= 0.6 is 11.3 Å². The largest absolute Gasteiger partial charge is 0.337 e. The summed E-state index contributed by atoms with van der Waals surface area (Å²) >= 11 is 1.61. The summed E-state index contributed by atoms with van der Waals surface area (Å²) in [7, 11) is 1.72. The molecule has 1 aromatic heterocycles. The lowest BCUT2D eigenvalue weighted by molar-refractivity contribution is 0.0785. The molecule has 0 atom stereocenters. The van der Waals surface area contributed by atoms with Crippen molar-refractivity contribution in [3.8, 4) is 0 Å². The molecule has 1 aliphatic heterocycles. The number of nitrogens with zero attached hydrogens (tertiary/aromatic N) is 1. The summed E-state index contributed by atoms with van der Waals surface area (Å²) in [4.78, 5) is 38.4. The van der Waals surface area contributed by atoms with E-state index in [2.05, 4.69) is 5.32 Å². The number of hydrogen-bond donors (Lipinski definition) is 1. The maximum atomic E-state index is 12.5. The molecule has 112 valence electrons. The van der Waals surface area contributed by atoms with Crippen molar-refractivity contribution < 1.29 is 14.4 Å². The number of aryl methyl sites for hydroxylation is 1. The predicted octanol–water partition coefficient (Wildman–Crippen LogP) is 2.21. The normalized spacial score (nSPS) is 13.0. The number of amides is 3. The summed E-state index contributed by atoms with van der Waals surface area (Å²) in [5.41, 5.74) is 2.14. The zero-order chi connectivity index (χ0) is 15.9. The number of imide groups is 1. The molecule has 0 fully saturated rings. The predicted molar refractivity (Wildman–Crippen MR) is 83.1 cm³/mol. The summed E-state index contributed by atoms with van der Waals surface area (Å²) in [5.74, 6) is -1.05. The molecular formula is C16H14N2O3S. The van der Waals surface area contributed by atoms with Crippen LogP contribution in [-0.4, -0.2) is 29.7 Å². The van der Waals surface area contributed by atoms with Gasteiger partial charge in [0, 0.05) is 17.5 Å². The molecule has 0 saturated heterocycles. The number of carbonyl (C=O) groups is 3. The first-order valence-corrected chi connectivity index (χ1v) is 7.63. The molecule has 22 heavy (non-hydrogen) atoms. The van der Waals surface area contributed by atoms with Crippen molar-refractivity contribution in [1.29, 1.82) is 0 Å². The first-order chi connectivity index (χ1) is 10.5. The number of fused-ring (bicyclic) bond motifs is 1. The van der Waals surface area contributed by atoms with E-state index in [1.165, 1.54) is 12.1 Å². The van der Waals surface area contributed by atoms with E-state index >= 15 is 0 Å². The van der Waals surface area contributed by atoms with Crippen LogP contribution in [0.4, 0.5) is 0 Å². The van der Waals surface area contributed by atoms with Crippen molar-refractivity contribution in [2.24, 2.45) is 0 Å². The van der Waals surface area contributed by atoms with Crippen LogP contribution in [0.3, 0.4) is 0 Å². The van der Waals surface area contributed by atoms with Crippen LogP contribution in [0.25, 0.3) is 0 Å². The Morgan fingerprint density at radius 1 is 1.18 bits per heavy atom. The van der Waals surface area contributed by atoms with Crippen LogP contribution in [0.5, 0.6) is 0 Å². The molecule has 2 aromatic rings. The maximum absolute atomic E-state index is 12.5. The van der Waals surface area contributed by atoms with Gasteiger partial charge in [0.1, 0.15) is 0 Å². The van der Waals surface area contributed by atoms with E-state index in [9.17, 15) is 14.4 Å². The average molecular weight is 314 g/mol. The molecular weight excluding hydrogens is 300 g/mol. The molecule has 0 saturated carbocycles. The number of hydrogen-bond acceptors (Lipinski definition) is 4. The topological polar surface area (TPSA) is 66.5 Å². The second-order valence-corrected chi connectivity index (χ2v) is 6.23. The Morgan fingerprint density at radius 2 is 1.91 bits per heavy atom. The van der Waals surface area contributed by atoms with Gasteiger partial charge in [-0.05, 0) is 42.1 Å². The number of rotatable bonds is 3. The molecule has 0 aliphatic carbocycles. The van der Waals surface area contributed by atoms with Crippen molar-refractivity contribution in [2.45, 2.75) is 13.5 Å². The molecule has 0 unspecified atom stereocenters. The SMILES string of the molecule is Cc1ccsc1CN(C)C(=O)c1ccc2c(c1)C(=O)NC2=O. The standard InChI is InChI=1S/C16H14N2O3S/c1-9-5-6-22-13(9)8-18(2)16(21)10-3-4-11-12(7-10)15(20)17-14(11)19/h3-7H,8H2,1-2H3,(H,17,19,20). The van der Waals surface area contributed by atoms with Crippen molar-refractivity contribution in [1.82, 2.24) is 10.2 Å². The monoisotopic (exact) mass is 314 g/mol. The zero-order valence-electron chi connectivity index (χ0n) is 12.2. The van der Waals surface area contributed by atoms with Crippen molar-refractivity contribution in [3.05, 3.63) is 56.8 Å². The Morgan fingerprint density at radius 3 is 2.59 bits per heavy atom. The van der Waals surface area contributed by atoms with Gasteiger partial charge in [0.05, 0.1) is 17.7 Å². The van der Waals surface area contributed by atoms with Crippen LogP contribution in [0.1, 0.15) is 41.5 Å². The van der Waals surface area contributed by atoms with E-state index in [-0.39, 0.29) is 11.5 Å². The van der Waals surface area contributed by atoms with Gasteiger partial charge in [0.2, 0.25) is 0 Å². The smallest absolute Gasteiger partial charge is 0.258 e. The lowest BCUT2D eigenvalue weighted by Gasteiger charge is -2.17. The highest BCUT2D eigenvalue weighted by Gasteiger charge is 2.28. The van der Waals surface area contributed by atoms with Gasteiger partial charge < -0.3 is 4.90 Å². The molecule has 0 bridgehead atoms. The summed E-state index contributed by atoms with van der Waals surface area (Å²) in [6.07, 6.45) is 0. The lowest BCUT2D eigenvalue weighted by Crippen LogP contribution is -2.26. The van der Waals surface area contributed by atoms with Gasteiger partial charge in [-0.15, -0.1) is 11.3 Å². The Kier molecular flexibility index (Phi) is 3.54. The molecule has 2 heterocycles. The highest BCUT2D eigenvalue weighted by atomic mass is 32.1. The Balaban J connectivity index is 1.84. The highest BCUT2D eigenvalue weighted by Crippen LogP contribution is 2.21. The number of benzene rings is 1. The van der Waals surface area contributed by atoms with E-state index in [1.807, 2.05) is 18.4 Å². The fourth-order valence-electron chi connectivity index (χ4n) is 2.37. The second-order valence-electron chi connectivity index (χ2n) is 5.23. The molecule has 0 spiro atoms. The second kappa shape index (κ2) is 5.38. The molecule has 1 aliphatic rings. The Bertz CT molecular complexity index is 794. The number of thiophene rings is 1. The summed E-state index contributed by atoms with van der Waals surface area (Å²) in [5, 5.41) is 4.21. The van der Waals surface area contributed by atoms with E-state index in [0.717, 1.165) is 10.4 Å². The quantitative estimate of drug-likeness (QED) is 0.883. The van der Waals surface area contributed by atoms with Crippen LogP contribution in [0, 0.1) is 6.92 Å². The Hall–Kier alpha value is -2.47. The minimum atomic E-state index is -0.452. The fraction of sp³-hybridized carbons (Fsp3) is 0.188. The van der Waals surface area contributed by atoms with Crippen molar-refractivity contribution in [2.75, 3.05) is 7.05 Å². The number of nitrogens with one attached hydrogen (secondary N) is 1. The molecule has 1 aromatic carbocycles. The van der Waals surface area contributed by atoms with Gasteiger partial charge in [-0.3, -0.25) is 19.7 Å². The number of carbonyl (C=O) groups excluding carboxylic acids is 3. The summed E-state index contributed by atoms with van der Waals surface area (Å²) in [6, 6.07) is 6.60. The average Bonchev–Trinajstić information content (AvgIpc) is 3.02. The van der Waals surface area contributed by atoms with E-state index in [1.54, 1.807) is 29.4 Å². The van der Waals surface area contributed by atoms with Gasteiger partial charge in [0.15, 0.2) is 0 Å². The maximum Gasteiger partial charge on any atom is 0.258 e. The minimum Gasteiger partial charge on any atom is -0.337 e. The summed E-state index contributed by atoms with van der Waals surface area (Å²) in [6.45, 7) is 2.53. The Labute approximate surface area is 131 Å². The first-order valence-electron chi connectivity index (χ1n) is 6.75. The van der Waals surface area contributed by atoms with Gasteiger partial charge in [-0.25, -0.2) is 0 Å². The van der Waals surface area contributed by atoms with Crippen LogP contribution in [-0.2, 0) is 6.54 Å². The third-order valence-electron chi connectivity index (χ3n) is 3.68. The molecule has 1 N–H and O–H groups in total. The van der Waals surface area contributed by atoms with Crippen LogP contribution in [0.15, 0.2) is 29.6 Å². The zero-order valence-corrected chi connectivity index (χ0v) is 13.0. The molecule has 3 amide bonds. The van der Waals surface area contributed by atoms with Crippen LogP contribution < -0.4 is 5.32 Å². The molecule has 3 rings (SSSR count). The molecule has 0 radical (unpaired) electrons. The van der Waals surface area contributed by atoms with Gasteiger partial charge in [-0.1, -0.05) is 0 Å². The first kappa shape index (κ1) is 14.5. The van der Waals surface area contributed by atoms with Gasteiger partial charge in [0.25, 0.3) is 17.7 Å². The lowest BCUT2D eigenvalue weighted by atomic mass is 10.0. The third kappa shape index (κ3) is 2.42. The fourth-order valence-corrected chi connectivity index (χ4v) is 3.33. The van der Waals surface area contributed by atoms with Gasteiger partial charge in [-0.2, -0.15) is 0 Å².